The number of aryl methyl sites for hydroxylation is 1. The van der Waals surface area contributed by atoms with E-state index in [4.69, 9.17) is 17.3 Å². The van der Waals surface area contributed by atoms with Gasteiger partial charge in [-0.15, -0.1) is 11.6 Å². The molecule has 2 aliphatic carbocycles. The van der Waals surface area contributed by atoms with Gasteiger partial charge in [0.25, 0.3) is 0 Å². The number of rotatable bonds is 3. The van der Waals surface area contributed by atoms with Crippen LogP contribution in [0.3, 0.4) is 0 Å². The van der Waals surface area contributed by atoms with E-state index in [0.29, 0.717) is 5.88 Å². The number of alkyl halides is 1. The lowest BCUT2D eigenvalue weighted by molar-refractivity contribution is -0.119. The molecule has 0 radical (unpaired) electrons. The number of allylic oxidation sites excluding steroid dienone is 4. The molecule has 1 atom stereocenters. The predicted molar refractivity (Wildman–Crippen MR) is 81.7 cm³/mol. The third-order valence-corrected chi connectivity index (χ3v) is 4.62. The Kier molecular flexibility index (Phi) is 3.70. The van der Waals surface area contributed by atoms with Gasteiger partial charge in [0.15, 0.2) is 0 Å². The molecule has 3 rings (SSSR count). The monoisotopic (exact) mass is 290 g/mol. The molecule has 3 N–H and O–H groups in total. The van der Waals surface area contributed by atoms with Crippen molar-refractivity contribution in [1.82, 2.24) is 4.98 Å². The van der Waals surface area contributed by atoms with Crippen LogP contribution in [0.15, 0.2) is 23.8 Å². The number of fused-ring (bicyclic) bond motifs is 1. The summed E-state index contributed by atoms with van der Waals surface area (Å²) in [7, 11) is 0. The van der Waals surface area contributed by atoms with Crippen molar-refractivity contribution in [2.75, 3.05) is 5.88 Å². The smallest absolute Gasteiger partial charge is 0.226 e. The second kappa shape index (κ2) is 5.49. The van der Waals surface area contributed by atoms with Crippen molar-refractivity contribution in [2.45, 2.75) is 38.0 Å². The fraction of sp³-hybridized carbons (Fsp3) is 0.438. The molecule has 0 fully saturated rings. The minimum atomic E-state index is -0.231. The lowest BCUT2D eigenvalue weighted by atomic mass is 9.87. The van der Waals surface area contributed by atoms with Crippen LogP contribution in [-0.4, -0.2) is 16.8 Å². The molecule has 0 saturated heterocycles. The average molecular weight is 291 g/mol. The number of carbonyl (C=O) groups excluding carboxylic acids is 1. The Morgan fingerprint density at radius 1 is 1.45 bits per heavy atom. The van der Waals surface area contributed by atoms with E-state index in [1.54, 1.807) is 0 Å². The molecule has 0 spiro atoms. The zero-order valence-corrected chi connectivity index (χ0v) is 12.2. The van der Waals surface area contributed by atoms with Crippen LogP contribution in [0.5, 0.6) is 0 Å². The maximum Gasteiger partial charge on any atom is 0.226 e. The molecule has 0 aromatic carbocycles. The fourth-order valence-electron chi connectivity index (χ4n) is 3.23. The van der Waals surface area contributed by atoms with Crippen LogP contribution in [0.1, 0.15) is 48.6 Å². The molecule has 1 aromatic rings. The summed E-state index contributed by atoms with van der Waals surface area (Å²) in [5.74, 6) is 0.160. The summed E-state index contributed by atoms with van der Waals surface area (Å²) >= 11 is 6.05. The molecule has 1 unspecified atom stereocenters. The molecule has 3 nitrogen and oxygen atoms in total. The zero-order valence-electron chi connectivity index (χ0n) is 11.4. The number of primary amides is 1. The van der Waals surface area contributed by atoms with Crippen molar-refractivity contribution in [3.63, 3.8) is 0 Å². The normalized spacial score (nSPS) is 21.9. The lowest BCUT2D eigenvalue weighted by Crippen LogP contribution is -2.24. The molecule has 1 aromatic heterocycles. The number of hydrogen-bond donors (Lipinski definition) is 2. The maximum absolute atomic E-state index is 11.6. The first-order valence-electron chi connectivity index (χ1n) is 7.16. The van der Waals surface area contributed by atoms with Crippen molar-refractivity contribution in [2.24, 2.45) is 5.73 Å². The number of amides is 1. The van der Waals surface area contributed by atoms with Gasteiger partial charge in [0.05, 0.1) is 5.92 Å². The van der Waals surface area contributed by atoms with Gasteiger partial charge in [-0.3, -0.25) is 4.79 Å². The molecule has 20 heavy (non-hydrogen) atoms. The van der Waals surface area contributed by atoms with Gasteiger partial charge < -0.3 is 10.7 Å². The van der Waals surface area contributed by atoms with Gasteiger partial charge in [0, 0.05) is 17.3 Å². The summed E-state index contributed by atoms with van der Waals surface area (Å²) in [5, 5.41) is 0. The second-order valence-corrected chi connectivity index (χ2v) is 5.83. The van der Waals surface area contributed by atoms with Crippen LogP contribution < -0.4 is 5.73 Å². The van der Waals surface area contributed by atoms with Crippen molar-refractivity contribution in [3.05, 3.63) is 40.7 Å². The molecular weight excluding hydrogens is 272 g/mol. The second-order valence-electron chi connectivity index (χ2n) is 5.56. The van der Waals surface area contributed by atoms with Gasteiger partial charge in [-0.25, -0.2) is 0 Å². The number of halogens is 1. The molecule has 1 heterocycles. The molecule has 4 heteroatoms. The molecule has 0 bridgehead atoms. The first-order valence-corrected chi connectivity index (χ1v) is 7.70. The number of nitrogens with two attached hydrogens (primary N) is 1. The van der Waals surface area contributed by atoms with Crippen LogP contribution in [0.25, 0.3) is 5.57 Å². The molecule has 2 aliphatic rings. The Morgan fingerprint density at radius 3 is 3.05 bits per heavy atom. The van der Waals surface area contributed by atoms with Gasteiger partial charge in [0.1, 0.15) is 0 Å². The van der Waals surface area contributed by atoms with Gasteiger partial charge in [-0.1, -0.05) is 12.2 Å². The van der Waals surface area contributed by atoms with E-state index >= 15 is 0 Å². The van der Waals surface area contributed by atoms with Crippen LogP contribution in [0.4, 0.5) is 0 Å². The van der Waals surface area contributed by atoms with Gasteiger partial charge >= 0.3 is 0 Å². The fourth-order valence-corrected chi connectivity index (χ4v) is 3.51. The zero-order chi connectivity index (χ0) is 14.1. The first kappa shape index (κ1) is 13.5. The van der Waals surface area contributed by atoms with Crippen LogP contribution in [-0.2, 0) is 11.2 Å². The summed E-state index contributed by atoms with van der Waals surface area (Å²) in [6, 6.07) is 2.17. The molecule has 106 valence electrons. The van der Waals surface area contributed by atoms with E-state index in [1.807, 2.05) is 0 Å². The van der Waals surface area contributed by atoms with E-state index in [-0.39, 0.29) is 11.8 Å². The first-order chi connectivity index (χ1) is 9.70. The lowest BCUT2D eigenvalue weighted by Gasteiger charge is -2.19. The van der Waals surface area contributed by atoms with E-state index in [2.05, 4.69) is 23.2 Å². The van der Waals surface area contributed by atoms with Crippen molar-refractivity contribution < 1.29 is 4.79 Å². The van der Waals surface area contributed by atoms with E-state index in [9.17, 15) is 4.79 Å². The van der Waals surface area contributed by atoms with Crippen LogP contribution in [0, 0.1) is 0 Å². The Labute approximate surface area is 123 Å². The van der Waals surface area contributed by atoms with Crippen LogP contribution in [0.2, 0.25) is 0 Å². The largest absolute Gasteiger partial charge is 0.369 e. The molecule has 0 saturated carbocycles. The number of carbonyl (C=O) groups is 1. The maximum atomic E-state index is 11.6. The summed E-state index contributed by atoms with van der Waals surface area (Å²) in [5.41, 5.74) is 11.3. The van der Waals surface area contributed by atoms with Crippen molar-refractivity contribution >= 4 is 23.1 Å². The Bertz CT molecular complexity index is 598. The Morgan fingerprint density at radius 2 is 2.30 bits per heavy atom. The number of nitrogens with one attached hydrogen (secondary N) is 1. The summed E-state index contributed by atoms with van der Waals surface area (Å²) < 4.78 is 0. The van der Waals surface area contributed by atoms with Crippen molar-refractivity contribution in [1.29, 1.82) is 0 Å². The number of H-pyrrole nitrogens is 1. The topological polar surface area (TPSA) is 58.9 Å². The van der Waals surface area contributed by atoms with E-state index < -0.39 is 0 Å². The number of hydrogen-bond acceptors (Lipinski definition) is 1. The van der Waals surface area contributed by atoms with E-state index in [0.717, 1.165) is 43.5 Å². The third kappa shape index (κ3) is 2.31. The third-order valence-electron chi connectivity index (χ3n) is 4.29. The van der Waals surface area contributed by atoms with E-state index in [1.165, 1.54) is 16.7 Å². The highest BCUT2D eigenvalue weighted by molar-refractivity contribution is 6.20. The van der Waals surface area contributed by atoms with Gasteiger partial charge in [-0.05, 0) is 54.9 Å². The van der Waals surface area contributed by atoms with Crippen molar-refractivity contribution in [3.8, 4) is 0 Å². The van der Waals surface area contributed by atoms with Crippen LogP contribution >= 0.6 is 11.6 Å². The minimum Gasteiger partial charge on any atom is -0.369 e. The average Bonchev–Trinajstić information content (AvgIpc) is 2.90. The molecule has 1 amide bonds. The Balaban J connectivity index is 2.03. The standard InChI is InChI=1S/C16H19ClN2O/c17-9-11-4-1-2-6-12(11)14-8-10-5-3-7-13(16(18)20)15(10)19-14/h2,6,8,13,19H,1,3-5,7,9H2,(H2,18,20). The number of aromatic nitrogens is 1. The van der Waals surface area contributed by atoms with Gasteiger partial charge in [-0.2, -0.15) is 0 Å². The Hall–Kier alpha value is -1.48. The predicted octanol–water partition coefficient (Wildman–Crippen LogP) is 3.26. The molecular formula is C16H19ClN2O. The number of aromatic amines is 1. The quantitative estimate of drug-likeness (QED) is 0.825. The molecule has 0 aliphatic heterocycles. The highest BCUT2D eigenvalue weighted by atomic mass is 35.5. The minimum absolute atomic E-state index is 0.167. The highest BCUT2D eigenvalue weighted by Gasteiger charge is 2.27. The van der Waals surface area contributed by atoms with Gasteiger partial charge in [0.2, 0.25) is 5.91 Å². The summed E-state index contributed by atoms with van der Waals surface area (Å²) in [4.78, 5) is 15.0. The summed E-state index contributed by atoms with van der Waals surface area (Å²) in [6.07, 6.45) is 9.26. The SMILES string of the molecule is NC(=O)C1CCCc2cc(C3=C(CCl)CCC=C3)[nH]c21. The highest BCUT2D eigenvalue weighted by Crippen LogP contribution is 2.35. The summed E-state index contributed by atoms with van der Waals surface area (Å²) in [6.45, 7) is 0.